The zero-order chi connectivity index (χ0) is 16.7. The van der Waals surface area contributed by atoms with Gasteiger partial charge in [0.25, 0.3) is 0 Å². The minimum Gasteiger partial charge on any atom is -0.352 e. The van der Waals surface area contributed by atoms with Crippen molar-refractivity contribution in [2.45, 2.75) is 33.2 Å². The van der Waals surface area contributed by atoms with Gasteiger partial charge in [0.1, 0.15) is 0 Å². The maximum Gasteiger partial charge on any atom is 0.319 e. The van der Waals surface area contributed by atoms with Gasteiger partial charge in [-0.1, -0.05) is 30.3 Å². The number of nitrogens with one attached hydrogen (secondary N) is 1. The number of carbonyl (C=O) groups excluding carboxylic acids is 2. The molecule has 0 aliphatic carbocycles. The van der Waals surface area contributed by atoms with Crippen molar-refractivity contribution in [3.05, 3.63) is 35.9 Å². The number of amides is 3. The molecule has 0 saturated carbocycles. The van der Waals surface area contributed by atoms with Gasteiger partial charge in [0.05, 0.1) is 0 Å². The molecule has 1 aliphatic rings. The molecule has 1 aromatic carbocycles. The van der Waals surface area contributed by atoms with E-state index in [1.54, 1.807) is 0 Å². The van der Waals surface area contributed by atoms with Crippen LogP contribution >= 0.6 is 0 Å². The first-order valence-corrected chi connectivity index (χ1v) is 8.51. The topological polar surface area (TPSA) is 52.7 Å². The minimum absolute atomic E-state index is 0.0134. The monoisotopic (exact) mass is 317 g/mol. The summed E-state index contributed by atoms with van der Waals surface area (Å²) in [7, 11) is 0. The van der Waals surface area contributed by atoms with Gasteiger partial charge in [-0.25, -0.2) is 4.79 Å². The minimum atomic E-state index is 0.0134. The van der Waals surface area contributed by atoms with Crippen LogP contribution in [-0.2, 0) is 11.3 Å². The summed E-state index contributed by atoms with van der Waals surface area (Å²) in [6.45, 7) is 7.34. The highest BCUT2D eigenvalue weighted by atomic mass is 16.2. The van der Waals surface area contributed by atoms with Crippen molar-refractivity contribution in [1.29, 1.82) is 0 Å². The second-order valence-corrected chi connectivity index (χ2v) is 5.92. The van der Waals surface area contributed by atoms with Crippen LogP contribution < -0.4 is 5.32 Å². The van der Waals surface area contributed by atoms with Crippen LogP contribution in [0, 0.1) is 5.92 Å². The van der Waals surface area contributed by atoms with Gasteiger partial charge in [0.15, 0.2) is 0 Å². The Morgan fingerprint density at radius 3 is 2.30 bits per heavy atom. The van der Waals surface area contributed by atoms with E-state index in [1.165, 1.54) is 0 Å². The summed E-state index contributed by atoms with van der Waals surface area (Å²) < 4.78 is 0. The summed E-state index contributed by atoms with van der Waals surface area (Å²) in [4.78, 5) is 28.3. The van der Waals surface area contributed by atoms with E-state index in [-0.39, 0.29) is 17.9 Å². The lowest BCUT2D eigenvalue weighted by atomic mass is 9.96. The number of likely N-dealkylation sites (tertiary alicyclic amines) is 1. The van der Waals surface area contributed by atoms with Gasteiger partial charge in [0.2, 0.25) is 5.91 Å². The number of nitrogens with zero attached hydrogens (tertiary/aromatic N) is 2. The molecule has 1 aromatic rings. The smallest absolute Gasteiger partial charge is 0.319 e. The van der Waals surface area contributed by atoms with Gasteiger partial charge in [-0.05, 0) is 32.3 Å². The number of benzene rings is 1. The quantitative estimate of drug-likeness (QED) is 0.907. The number of urea groups is 1. The van der Waals surface area contributed by atoms with Gasteiger partial charge in [0, 0.05) is 38.6 Å². The first kappa shape index (κ1) is 17.3. The van der Waals surface area contributed by atoms with Gasteiger partial charge in [-0.15, -0.1) is 0 Å². The molecule has 5 heteroatoms. The fraction of sp³-hybridized carbons (Fsp3) is 0.556. The van der Waals surface area contributed by atoms with Gasteiger partial charge < -0.3 is 15.1 Å². The van der Waals surface area contributed by atoms with Crippen LogP contribution in [-0.4, -0.2) is 47.9 Å². The molecular formula is C18H27N3O2. The van der Waals surface area contributed by atoms with E-state index in [4.69, 9.17) is 0 Å². The molecule has 0 spiro atoms. The van der Waals surface area contributed by atoms with Crippen molar-refractivity contribution in [3.63, 3.8) is 0 Å². The van der Waals surface area contributed by atoms with Crippen molar-refractivity contribution >= 4 is 11.9 Å². The van der Waals surface area contributed by atoms with Crippen molar-refractivity contribution in [2.75, 3.05) is 26.2 Å². The highest BCUT2D eigenvalue weighted by Crippen LogP contribution is 2.18. The lowest BCUT2D eigenvalue weighted by molar-refractivity contribution is -0.126. The Bertz CT molecular complexity index is 506. The van der Waals surface area contributed by atoms with Crippen LogP contribution in [0.4, 0.5) is 4.79 Å². The summed E-state index contributed by atoms with van der Waals surface area (Å²) in [6, 6.07) is 10.0. The Morgan fingerprint density at radius 2 is 1.74 bits per heavy atom. The summed E-state index contributed by atoms with van der Waals surface area (Å²) >= 11 is 0. The van der Waals surface area contributed by atoms with Gasteiger partial charge >= 0.3 is 6.03 Å². The summed E-state index contributed by atoms with van der Waals surface area (Å²) in [5, 5.41) is 3.01. The van der Waals surface area contributed by atoms with Crippen LogP contribution in [0.15, 0.2) is 30.3 Å². The van der Waals surface area contributed by atoms with Crippen LogP contribution in [0.3, 0.4) is 0 Å². The maximum atomic E-state index is 12.3. The fourth-order valence-corrected chi connectivity index (χ4v) is 2.96. The van der Waals surface area contributed by atoms with E-state index in [0.29, 0.717) is 19.6 Å². The summed E-state index contributed by atoms with van der Waals surface area (Å²) in [6.07, 6.45) is 1.49. The Labute approximate surface area is 138 Å². The van der Waals surface area contributed by atoms with E-state index in [2.05, 4.69) is 5.32 Å². The molecule has 0 radical (unpaired) electrons. The standard InChI is InChI=1S/C18H27N3O2/c1-3-20(4-2)18(23)21-12-10-16(11-13-21)17(22)19-14-15-8-6-5-7-9-15/h5-9,16H,3-4,10-14H2,1-2H3,(H,19,22). The Morgan fingerprint density at radius 1 is 1.13 bits per heavy atom. The molecule has 1 saturated heterocycles. The average Bonchev–Trinajstić information content (AvgIpc) is 2.61. The molecule has 1 heterocycles. The molecular weight excluding hydrogens is 290 g/mol. The molecule has 0 aromatic heterocycles. The molecule has 5 nitrogen and oxygen atoms in total. The highest BCUT2D eigenvalue weighted by molar-refractivity contribution is 5.79. The summed E-state index contributed by atoms with van der Waals surface area (Å²) in [5.41, 5.74) is 1.11. The molecule has 0 atom stereocenters. The third-order valence-electron chi connectivity index (χ3n) is 4.48. The lowest BCUT2D eigenvalue weighted by Gasteiger charge is -2.34. The molecule has 3 amide bonds. The van der Waals surface area contributed by atoms with Gasteiger partial charge in [-0.2, -0.15) is 0 Å². The van der Waals surface area contributed by atoms with E-state index in [0.717, 1.165) is 31.5 Å². The molecule has 1 fully saturated rings. The van der Waals surface area contributed by atoms with Gasteiger partial charge in [-0.3, -0.25) is 4.79 Å². The van der Waals surface area contributed by atoms with Crippen molar-refractivity contribution in [1.82, 2.24) is 15.1 Å². The number of hydrogen-bond acceptors (Lipinski definition) is 2. The summed E-state index contributed by atoms with van der Waals surface area (Å²) in [5.74, 6) is 0.114. The Kier molecular flexibility index (Phi) is 6.44. The Balaban J connectivity index is 1.77. The van der Waals surface area contributed by atoms with E-state index >= 15 is 0 Å². The molecule has 1 N–H and O–H groups in total. The van der Waals surface area contributed by atoms with Crippen molar-refractivity contribution in [3.8, 4) is 0 Å². The molecule has 2 rings (SSSR count). The first-order chi connectivity index (χ1) is 11.2. The number of rotatable bonds is 5. The normalized spacial score (nSPS) is 15.3. The molecule has 126 valence electrons. The molecule has 23 heavy (non-hydrogen) atoms. The molecule has 0 unspecified atom stereocenters. The zero-order valence-corrected chi connectivity index (χ0v) is 14.1. The maximum absolute atomic E-state index is 12.3. The third-order valence-corrected chi connectivity index (χ3v) is 4.48. The highest BCUT2D eigenvalue weighted by Gasteiger charge is 2.28. The van der Waals surface area contributed by atoms with E-state index in [9.17, 15) is 9.59 Å². The predicted molar refractivity (Wildman–Crippen MR) is 90.9 cm³/mol. The second kappa shape index (κ2) is 8.56. The number of piperidine rings is 1. The van der Waals surface area contributed by atoms with Crippen LogP contribution in [0.5, 0.6) is 0 Å². The number of carbonyl (C=O) groups is 2. The van der Waals surface area contributed by atoms with E-state index in [1.807, 2.05) is 54.0 Å². The van der Waals surface area contributed by atoms with Crippen LogP contribution in [0.2, 0.25) is 0 Å². The Hall–Kier alpha value is -2.04. The number of hydrogen-bond donors (Lipinski definition) is 1. The molecule has 0 bridgehead atoms. The van der Waals surface area contributed by atoms with E-state index < -0.39 is 0 Å². The fourth-order valence-electron chi connectivity index (χ4n) is 2.96. The van der Waals surface area contributed by atoms with Crippen LogP contribution in [0.25, 0.3) is 0 Å². The lowest BCUT2D eigenvalue weighted by Crippen LogP contribution is -2.48. The third kappa shape index (κ3) is 4.71. The second-order valence-electron chi connectivity index (χ2n) is 5.92. The SMILES string of the molecule is CCN(CC)C(=O)N1CCC(C(=O)NCc2ccccc2)CC1. The largest absolute Gasteiger partial charge is 0.352 e. The van der Waals surface area contributed by atoms with Crippen molar-refractivity contribution < 1.29 is 9.59 Å². The van der Waals surface area contributed by atoms with Crippen molar-refractivity contribution in [2.24, 2.45) is 5.92 Å². The molecule has 1 aliphatic heterocycles. The predicted octanol–water partition coefficient (Wildman–Crippen LogP) is 2.48. The first-order valence-electron chi connectivity index (χ1n) is 8.51. The van der Waals surface area contributed by atoms with Crippen LogP contribution in [0.1, 0.15) is 32.3 Å². The zero-order valence-electron chi connectivity index (χ0n) is 14.1. The average molecular weight is 317 g/mol.